The lowest BCUT2D eigenvalue weighted by Crippen LogP contribution is -2.48. The summed E-state index contributed by atoms with van der Waals surface area (Å²) in [4.78, 5) is 6.78. The summed E-state index contributed by atoms with van der Waals surface area (Å²) in [7, 11) is -1.72. The summed E-state index contributed by atoms with van der Waals surface area (Å²) in [6.45, 7) is 3.14. The molecule has 8 heteroatoms. The zero-order chi connectivity index (χ0) is 15.6. The van der Waals surface area contributed by atoms with Crippen molar-refractivity contribution in [1.29, 1.82) is 0 Å². The summed E-state index contributed by atoms with van der Waals surface area (Å²) in [5.74, 6) is 0. The van der Waals surface area contributed by atoms with Gasteiger partial charge in [0.25, 0.3) is 0 Å². The first-order chi connectivity index (χ1) is 10.6. The van der Waals surface area contributed by atoms with Crippen LogP contribution in [0.15, 0.2) is 41.7 Å². The van der Waals surface area contributed by atoms with Crippen LogP contribution in [-0.4, -0.2) is 58.6 Å². The first kappa shape index (κ1) is 15.1. The number of sulfonamides is 1. The van der Waals surface area contributed by atoms with Crippen molar-refractivity contribution in [2.24, 2.45) is 7.05 Å². The molecule has 0 aliphatic carbocycles. The van der Waals surface area contributed by atoms with E-state index >= 15 is 0 Å². The second-order valence-corrected chi connectivity index (χ2v) is 7.29. The second kappa shape index (κ2) is 6.15. The van der Waals surface area contributed by atoms with E-state index in [1.807, 2.05) is 18.2 Å². The van der Waals surface area contributed by atoms with Crippen LogP contribution in [0.4, 0.5) is 0 Å². The average Bonchev–Trinajstić information content (AvgIpc) is 2.96. The number of pyridine rings is 1. The number of hydrogen-bond donors (Lipinski definition) is 0. The van der Waals surface area contributed by atoms with Crippen molar-refractivity contribution >= 4 is 10.0 Å². The van der Waals surface area contributed by atoms with Crippen molar-refractivity contribution in [1.82, 2.24) is 24.0 Å². The standard InChI is InChI=1S/C14H19N5O2S/c1-17-12-14(10-16-17)22(20,21)19-8-6-18(7-9-19)11-13-4-2-3-5-15-13/h2-5,10,12H,6-9,11H2,1H3. The third-order valence-corrected chi connectivity index (χ3v) is 5.61. The maximum Gasteiger partial charge on any atom is 0.246 e. The van der Waals surface area contributed by atoms with Crippen molar-refractivity contribution in [3.63, 3.8) is 0 Å². The minimum absolute atomic E-state index is 0.258. The van der Waals surface area contributed by atoms with Crippen LogP contribution in [0.2, 0.25) is 0 Å². The number of aryl methyl sites for hydroxylation is 1. The predicted octanol–water partition coefficient (Wildman–Crippen LogP) is 0.322. The minimum Gasteiger partial charge on any atom is -0.295 e. The number of nitrogens with zero attached hydrogens (tertiary/aromatic N) is 5. The van der Waals surface area contributed by atoms with E-state index in [4.69, 9.17) is 0 Å². The molecule has 1 aliphatic heterocycles. The fourth-order valence-electron chi connectivity index (χ4n) is 2.53. The van der Waals surface area contributed by atoms with E-state index in [0.717, 1.165) is 12.2 Å². The SMILES string of the molecule is Cn1cc(S(=O)(=O)N2CCN(Cc3ccccn3)CC2)cn1. The van der Waals surface area contributed by atoms with Gasteiger partial charge in [-0.2, -0.15) is 9.40 Å². The van der Waals surface area contributed by atoms with E-state index in [0.29, 0.717) is 26.2 Å². The van der Waals surface area contributed by atoms with Gasteiger partial charge in [0.05, 0.1) is 11.9 Å². The zero-order valence-corrected chi connectivity index (χ0v) is 13.3. The molecule has 0 unspecified atom stereocenters. The maximum atomic E-state index is 12.5. The van der Waals surface area contributed by atoms with Crippen molar-refractivity contribution in [3.05, 3.63) is 42.5 Å². The molecule has 0 bridgehead atoms. The highest BCUT2D eigenvalue weighted by atomic mass is 32.2. The van der Waals surface area contributed by atoms with Gasteiger partial charge in [-0.1, -0.05) is 6.07 Å². The normalized spacial score (nSPS) is 17.7. The van der Waals surface area contributed by atoms with Crippen LogP contribution in [0.1, 0.15) is 5.69 Å². The smallest absolute Gasteiger partial charge is 0.246 e. The topological polar surface area (TPSA) is 71.3 Å². The van der Waals surface area contributed by atoms with E-state index in [-0.39, 0.29) is 4.90 Å². The van der Waals surface area contributed by atoms with E-state index in [2.05, 4.69) is 15.0 Å². The van der Waals surface area contributed by atoms with Crippen LogP contribution in [0.3, 0.4) is 0 Å². The molecular weight excluding hydrogens is 302 g/mol. The summed E-state index contributed by atoms with van der Waals surface area (Å²) in [6.07, 6.45) is 4.71. The minimum atomic E-state index is -3.43. The maximum absolute atomic E-state index is 12.5. The molecule has 0 spiro atoms. The van der Waals surface area contributed by atoms with Gasteiger partial charge in [0, 0.05) is 52.2 Å². The van der Waals surface area contributed by atoms with Gasteiger partial charge in [0.1, 0.15) is 4.90 Å². The molecule has 22 heavy (non-hydrogen) atoms. The Morgan fingerprint density at radius 3 is 2.55 bits per heavy atom. The highest BCUT2D eigenvalue weighted by Gasteiger charge is 2.29. The van der Waals surface area contributed by atoms with Crippen LogP contribution in [0, 0.1) is 0 Å². The highest BCUT2D eigenvalue weighted by Crippen LogP contribution is 2.17. The summed E-state index contributed by atoms with van der Waals surface area (Å²) >= 11 is 0. The van der Waals surface area contributed by atoms with Crippen molar-refractivity contribution in [2.45, 2.75) is 11.4 Å². The monoisotopic (exact) mass is 321 g/mol. The van der Waals surface area contributed by atoms with Crippen molar-refractivity contribution in [2.75, 3.05) is 26.2 Å². The van der Waals surface area contributed by atoms with Gasteiger partial charge in [-0.3, -0.25) is 14.6 Å². The fourth-order valence-corrected chi connectivity index (χ4v) is 3.94. The number of rotatable bonds is 4. The summed E-state index contributed by atoms with van der Waals surface area (Å²) in [5.41, 5.74) is 1.01. The third kappa shape index (κ3) is 3.18. The van der Waals surface area contributed by atoms with Crippen molar-refractivity contribution < 1.29 is 8.42 Å². The van der Waals surface area contributed by atoms with Crippen LogP contribution in [-0.2, 0) is 23.6 Å². The molecule has 7 nitrogen and oxygen atoms in total. The number of aromatic nitrogens is 3. The Morgan fingerprint density at radius 2 is 1.95 bits per heavy atom. The van der Waals surface area contributed by atoms with Gasteiger partial charge in [-0.25, -0.2) is 8.42 Å². The Bertz CT molecular complexity index is 721. The van der Waals surface area contributed by atoms with Crippen LogP contribution < -0.4 is 0 Å². The molecule has 0 N–H and O–H groups in total. The van der Waals surface area contributed by atoms with Crippen molar-refractivity contribution in [3.8, 4) is 0 Å². The van der Waals surface area contributed by atoms with Crippen LogP contribution >= 0.6 is 0 Å². The lowest BCUT2D eigenvalue weighted by atomic mass is 10.3. The number of hydrogen-bond acceptors (Lipinski definition) is 5. The molecule has 0 radical (unpaired) electrons. The van der Waals surface area contributed by atoms with E-state index in [9.17, 15) is 8.42 Å². The zero-order valence-electron chi connectivity index (χ0n) is 12.5. The first-order valence-electron chi connectivity index (χ1n) is 7.17. The molecule has 118 valence electrons. The summed E-state index contributed by atoms with van der Waals surface area (Å²) in [6, 6.07) is 5.84. The quantitative estimate of drug-likeness (QED) is 0.811. The number of piperazine rings is 1. The summed E-state index contributed by atoms with van der Waals surface area (Å²) < 4.78 is 28.0. The van der Waals surface area contributed by atoms with Gasteiger partial charge >= 0.3 is 0 Å². The molecule has 3 rings (SSSR count). The largest absolute Gasteiger partial charge is 0.295 e. The van der Waals surface area contributed by atoms with E-state index in [1.165, 1.54) is 21.4 Å². The van der Waals surface area contributed by atoms with Gasteiger partial charge < -0.3 is 0 Å². The van der Waals surface area contributed by atoms with Gasteiger partial charge in [-0.15, -0.1) is 0 Å². The molecule has 0 saturated carbocycles. The second-order valence-electron chi connectivity index (χ2n) is 5.35. The molecule has 0 amide bonds. The molecule has 2 aromatic rings. The molecule has 0 aromatic carbocycles. The van der Waals surface area contributed by atoms with Crippen LogP contribution in [0.5, 0.6) is 0 Å². The average molecular weight is 321 g/mol. The third-order valence-electron chi connectivity index (χ3n) is 3.76. The van der Waals surface area contributed by atoms with Gasteiger partial charge in [-0.05, 0) is 12.1 Å². The molecule has 1 fully saturated rings. The molecule has 2 aromatic heterocycles. The Morgan fingerprint density at radius 1 is 1.18 bits per heavy atom. The van der Waals surface area contributed by atoms with Gasteiger partial charge in [0.2, 0.25) is 10.0 Å². The Balaban J connectivity index is 1.62. The highest BCUT2D eigenvalue weighted by molar-refractivity contribution is 7.89. The summed E-state index contributed by atoms with van der Waals surface area (Å²) in [5, 5.41) is 3.94. The van der Waals surface area contributed by atoms with Crippen LogP contribution in [0.25, 0.3) is 0 Å². The lowest BCUT2D eigenvalue weighted by Gasteiger charge is -2.33. The molecule has 1 saturated heterocycles. The lowest BCUT2D eigenvalue weighted by molar-refractivity contribution is 0.180. The molecular formula is C14H19N5O2S. The Kier molecular flexibility index (Phi) is 4.23. The molecule has 1 aliphatic rings. The van der Waals surface area contributed by atoms with E-state index in [1.54, 1.807) is 13.2 Å². The first-order valence-corrected chi connectivity index (χ1v) is 8.61. The Labute approximate surface area is 130 Å². The fraction of sp³-hybridized carbons (Fsp3) is 0.429. The predicted molar refractivity (Wildman–Crippen MR) is 81.5 cm³/mol. The van der Waals surface area contributed by atoms with Gasteiger partial charge in [0.15, 0.2) is 0 Å². The Hall–Kier alpha value is -1.77. The molecule has 3 heterocycles. The van der Waals surface area contributed by atoms with E-state index < -0.39 is 10.0 Å². The molecule has 0 atom stereocenters.